The third-order valence-corrected chi connectivity index (χ3v) is 13.0. The predicted octanol–water partition coefficient (Wildman–Crippen LogP) is 13.7. The smallest absolute Gasteiger partial charge is 0.160 e. The van der Waals surface area contributed by atoms with Gasteiger partial charge in [0.05, 0.1) is 27.8 Å². The summed E-state index contributed by atoms with van der Waals surface area (Å²) in [7, 11) is 0. The monoisotopic (exact) mass is 769 g/mol. The van der Waals surface area contributed by atoms with Crippen LogP contribution in [0, 0.1) is 0 Å². The quantitative estimate of drug-likeness (QED) is 0.179. The van der Waals surface area contributed by atoms with E-state index in [4.69, 9.17) is 14.7 Å². The van der Waals surface area contributed by atoms with E-state index in [0.29, 0.717) is 5.82 Å². The van der Waals surface area contributed by atoms with E-state index < -0.39 is 5.41 Å². The van der Waals surface area contributed by atoms with Crippen LogP contribution in [0.5, 0.6) is 11.5 Å². The molecule has 3 heterocycles. The second kappa shape index (κ2) is 13.0. The minimum Gasteiger partial charge on any atom is -0.457 e. The van der Waals surface area contributed by atoms with Gasteiger partial charge in [-0.3, -0.25) is 0 Å². The molecule has 0 unspecified atom stereocenters. The van der Waals surface area contributed by atoms with Crippen LogP contribution in [0.3, 0.4) is 0 Å². The number of rotatable bonds is 4. The molecule has 0 amide bonds. The van der Waals surface area contributed by atoms with Crippen LogP contribution >= 0.6 is 0 Å². The van der Waals surface area contributed by atoms with Gasteiger partial charge in [0.25, 0.3) is 0 Å². The zero-order valence-corrected chi connectivity index (χ0v) is 33.3. The Morgan fingerprint density at radius 3 is 1.55 bits per heavy atom. The first-order valence-electron chi connectivity index (χ1n) is 20.7. The zero-order valence-electron chi connectivity index (χ0n) is 33.3. The highest BCUT2D eigenvalue weighted by Crippen LogP contribution is 2.61. The van der Waals surface area contributed by atoms with Crippen LogP contribution in [0.2, 0.25) is 0 Å². The lowest BCUT2D eigenvalue weighted by Gasteiger charge is -2.50. The van der Waals surface area contributed by atoms with Gasteiger partial charge in [0, 0.05) is 49.7 Å². The van der Waals surface area contributed by atoms with Crippen molar-refractivity contribution in [2.75, 3.05) is 0 Å². The van der Waals surface area contributed by atoms with E-state index in [0.717, 1.165) is 56.4 Å². The summed E-state index contributed by atoms with van der Waals surface area (Å²) in [5.74, 6) is 2.39. The molecule has 0 radical (unpaired) electrons. The van der Waals surface area contributed by atoms with Crippen LogP contribution in [-0.2, 0) is 10.8 Å². The molecular formula is C56H39N3O. The topological polar surface area (TPSA) is 39.9 Å². The van der Waals surface area contributed by atoms with Crippen LogP contribution < -0.4 is 4.74 Å². The average Bonchev–Trinajstić information content (AvgIpc) is 3.65. The lowest BCUT2D eigenvalue weighted by atomic mass is 9.53. The lowest BCUT2D eigenvalue weighted by Crippen LogP contribution is -2.43. The predicted molar refractivity (Wildman–Crippen MR) is 243 cm³/mol. The highest BCUT2D eigenvalue weighted by molar-refractivity contribution is 6.09. The zero-order chi connectivity index (χ0) is 40.0. The largest absolute Gasteiger partial charge is 0.457 e. The van der Waals surface area contributed by atoms with Crippen molar-refractivity contribution in [2.24, 2.45) is 0 Å². The van der Waals surface area contributed by atoms with Crippen molar-refractivity contribution < 1.29 is 4.74 Å². The Morgan fingerprint density at radius 1 is 0.400 bits per heavy atom. The summed E-state index contributed by atoms with van der Waals surface area (Å²) >= 11 is 0. The van der Waals surface area contributed by atoms with E-state index in [1.165, 1.54) is 44.1 Å². The molecule has 0 fully saturated rings. The summed E-state index contributed by atoms with van der Waals surface area (Å²) in [6.45, 7) is 4.70. The first kappa shape index (κ1) is 34.5. The third kappa shape index (κ3) is 4.91. The Kier molecular flexibility index (Phi) is 7.45. The van der Waals surface area contributed by atoms with Crippen LogP contribution in [0.1, 0.15) is 47.2 Å². The van der Waals surface area contributed by atoms with Gasteiger partial charge in [-0.25, -0.2) is 9.97 Å². The maximum Gasteiger partial charge on any atom is 0.160 e. The van der Waals surface area contributed by atoms with Gasteiger partial charge in [0.15, 0.2) is 5.82 Å². The molecule has 0 saturated heterocycles. The Morgan fingerprint density at radius 2 is 0.900 bits per heavy atom. The number of hydrogen-bond donors (Lipinski definition) is 0. The summed E-state index contributed by atoms with van der Waals surface area (Å²) in [4.78, 5) is 10.6. The van der Waals surface area contributed by atoms with Crippen molar-refractivity contribution in [1.82, 2.24) is 14.5 Å². The van der Waals surface area contributed by atoms with Crippen LogP contribution in [0.25, 0.3) is 61.4 Å². The first-order valence-corrected chi connectivity index (χ1v) is 20.7. The Hall–Kier alpha value is -7.56. The average molecular weight is 770 g/mol. The fourth-order valence-electron chi connectivity index (χ4n) is 10.2. The van der Waals surface area contributed by atoms with Gasteiger partial charge >= 0.3 is 0 Å². The molecule has 1 aliphatic carbocycles. The summed E-state index contributed by atoms with van der Waals surface area (Å²) in [6, 6.07) is 71.6. The molecule has 4 nitrogen and oxygen atoms in total. The second-order valence-electron chi connectivity index (χ2n) is 16.5. The number of nitrogens with zero attached hydrogens (tertiary/aromatic N) is 3. The Bertz CT molecular complexity index is 3220. The van der Waals surface area contributed by atoms with Crippen LogP contribution in [0.15, 0.2) is 200 Å². The van der Waals surface area contributed by atoms with Gasteiger partial charge in [0.2, 0.25) is 0 Å². The number of ether oxygens (including phenoxy) is 1. The van der Waals surface area contributed by atoms with Crippen molar-refractivity contribution in [1.29, 1.82) is 0 Å². The van der Waals surface area contributed by atoms with Gasteiger partial charge in [-0.05, 0) is 89.0 Å². The van der Waals surface area contributed by atoms with E-state index in [-0.39, 0.29) is 5.41 Å². The Balaban J connectivity index is 1.06. The maximum absolute atomic E-state index is 6.82. The van der Waals surface area contributed by atoms with Gasteiger partial charge in [-0.2, -0.15) is 0 Å². The van der Waals surface area contributed by atoms with Gasteiger partial charge < -0.3 is 9.30 Å². The molecule has 0 N–H and O–H groups in total. The first-order chi connectivity index (χ1) is 29.5. The summed E-state index contributed by atoms with van der Waals surface area (Å²) in [5.41, 5.74) is 14.8. The van der Waals surface area contributed by atoms with Gasteiger partial charge in [0.1, 0.15) is 11.5 Å². The van der Waals surface area contributed by atoms with Crippen molar-refractivity contribution in [3.8, 4) is 51.1 Å². The lowest BCUT2D eigenvalue weighted by molar-refractivity contribution is 0.425. The molecule has 12 rings (SSSR count). The van der Waals surface area contributed by atoms with Crippen LogP contribution in [0.4, 0.5) is 0 Å². The third-order valence-electron chi connectivity index (χ3n) is 13.0. The summed E-state index contributed by atoms with van der Waals surface area (Å²) in [5, 5.41) is 2.48. The van der Waals surface area contributed by atoms with Crippen molar-refractivity contribution in [3.63, 3.8) is 0 Å². The van der Waals surface area contributed by atoms with Gasteiger partial charge in [-0.15, -0.1) is 0 Å². The van der Waals surface area contributed by atoms with E-state index in [1.54, 1.807) is 0 Å². The van der Waals surface area contributed by atoms with E-state index in [9.17, 15) is 0 Å². The van der Waals surface area contributed by atoms with Crippen molar-refractivity contribution in [3.05, 3.63) is 234 Å². The SMILES string of the molecule is CC1(C)c2ccccc2C2(c3ccccc3Oc3ccc(-c4cc(-c5ccccc5)nc(-c5ccc(-n6c7ccccc7c7ccccc76)cc5)n4)cc32)c2ccccc21. The van der Waals surface area contributed by atoms with Crippen molar-refractivity contribution >= 4 is 21.8 Å². The molecule has 1 aliphatic heterocycles. The van der Waals surface area contributed by atoms with E-state index in [1.807, 2.05) is 6.07 Å². The maximum atomic E-state index is 6.82. The fraction of sp³-hybridized carbons (Fsp3) is 0.0714. The normalized spacial score (nSPS) is 14.2. The number of hydrogen-bond acceptors (Lipinski definition) is 3. The molecule has 4 heteroatoms. The van der Waals surface area contributed by atoms with Crippen LogP contribution in [-0.4, -0.2) is 14.5 Å². The minimum atomic E-state index is -0.621. The van der Waals surface area contributed by atoms with E-state index >= 15 is 0 Å². The minimum absolute atomic E-state index is 0.202. The van der Waals surface area contributed by atoms with E-state index in [2.05, 4.69) is 213 Å². The second-order valence-corrected chi connectivity index (χ2v) is 16.5. The van der Waals surface area contributed by atoms with Crippen molar-refractivity contribution in [2.45, 2.75) is 24.7 Å². The molecule has 1 spiro atoms. The molecule has 8 aromatic carbocycles. The fourth-order valence-corrected chi connectivity index (χ4v) is 10.2. The Labute approximate surface area is 349 Å². The molecule has 2 aromatic heterocycles. The highest BCUT2D eigenvalue weighted by atomic mass is 16.5. The standard InChI is InChI=1S/C56H39N3O/c1-55(2)42-20-8-10-22-44(42)56(45-23-11-9-21-43(45)55)46-24-12-15-27-52(46)60-53-33-30-38(34-47(53)56)49-35-48(36-16-4-3-5-17-36)57-54(58-49)37-28-31-39(32-29-37)59-50-25-13-6-18-40(50)41-19-7-14-26-51(41)59/h3-35H,1-2H3. The molecule has 60 heavy (non-hydrogen) atoms. The molecule has 284 valence electrons. The summed E-state index contributed by atoms with van der Waals surface area (Å²) < 4.78 is 9.16. The molecule has 0 bridgehead atoms. The summed E-state index contributed by atoms with van der Waals surface area (Å²) in [6.07, 6.45) is 0. The van der Waals surface area contributed by atoms with Gasteiger partial charge in [-0.1, -0.05) is 147 Å². The highest BCUT2D eigenvalue weighted by Gasteiger charge is 2.52. The number of benzene rings is 8. The molecule has 10 aromatic rings. The molecule has 0 atom stereocenters. The number of fused-ring (bicyclic) bond motifs is 11. The molecule has 0 saturated carbocycles. The number of para-hydroxylation sites is 3. The molecular weight excluding hydrogens is 731 g/mol. The number of aromatic nitrogens is 3. The molecule has 2 aliphatic rings.